The van der Waals surface area contributed by atoms with Crippen LogP contribution in [-0.4, -0.2) is 50.1 Å². The molecule has 2 atom stereocenters. The molecule has 96 valence electrons. The van der Waals surface area contributed by atoms with Gasteiger partial charge in [0.2, 0.25) is 5.91 Å². The highest BCUT2D eigenvalue weighted by molar-refractivity contribution is 5.81. The van der Waals surface area contributed by atoms with E-state index in [0.717, 1.165) is 6.54 Å². The summed E-state index contributed by atoms with van der Waals surface area (Å²) in [7, 11) is 4.10. The number of nitrogens with zero attached hydrogens (tertiary/aromatic N) is 1. The van der Waals surface area contributed by atoms with Crippen molar-refractivity contribution in [2.45, 2.75) is 39.8 Å². The highest BCUT2D eigenvalue weighted by Gasteiger charge is 2.20. The summed E-state index contributed by atoms with van der Waals surface area (Å²) < 4.78 is 0. The summed E-state index contributed by atoms with van der Waals surface area (Å²) in [6.07, 6.45) is 0. The van der Waals surface area contributed by atoms with E-state index in [1.54, 1.807) is 0 Å². The molecule has 4 nitrogen and oxygen atoms in total. The third-order valence-corrected chi connectivity index (χ3v) is 2.57. The molecule has 0 bridgehead atoms. The van der Waals surface area contributed by atoms with Gasteiger partial charge in [-0.25, -0.2) is 0 Å². The summed E-state index contributed by atoms with van der Waals surface area (Å²) in [5, 5.41) is 6.21. The molecular formula is C12H27N3O. The molecule has 4 heteroatoms. The fraction of sp³-hybridized carbons (Fsp3) is 0.917. The van der Waals surface area contributed by atoms with Crippen LogP contribution in [0.25, 0.3) is 0 Å². The van der Waals surface area contributed by atoms with Gasteiger partial charge >= 0.3 is 0 Å². The number of nitrogens with one attached hydrogen (secondary N) is 2. The van der Waals surface area contributed by atoms with E-state index >= 15 is 0 Å². The van der Waals surface area contributed by atoms with E-state index in [0.29, 0.717) is 18.5 Å². The van der Waals surface area contributed by atoms with E-state index in [9.17, 15) is 4.79 Å². The molecule has 0 aromatic carbocycles. The highest BCUT2D eigenvalue weighted by atomic mass is 16.2. The van der Waals surface area contributed by atoms with Gasteiger partial charge in [0.15, 0.2) is 0 Å². The molecule has 0 spiro atoms. The fourth-order valence-electron chi connectivity index (χ4n) is 1.57. The van der Waals surface area contributed by atoms with Gasteiger partial charge in [0.05, 0.1) is 6.04 Å². The molecule has 0 aliphatic heterocycles. The number of carbonyl (C=O) groups is 1. The van der Waals surface area contributed by atoms with Gasteiger partial charge < -0.3 is 15.5 Å². The van der Waals surface area contributed by atoms with Crippen molar-refractivity contribution < 1.29 is 4.79 Å². The lowest BCUT2D eigenvalue weighted by Crippen LogP contribution is -2.51. The molecule has 16 heavy (non-hydrogen) atoms. The second-order valence-electron chi connectivity index (χ2n) is 4.90. The number of carbonyl (C=O) groups excluding carboxylic acids is 1. The molecule has 0 fully saturated rings. The van der Waals surface area contributed by atoms with Crippen LogP contribution in [0, 0.1) is 5.92 Å². The average Bonchev–Trinajstić information content (AvgIpc) is 2.16. The van der Waals surface area contributed by atoms with E-state index in [1.165, 1.54) is 0 Å². The third kappa shape index (κ3) is 6.08. The molecular weight excluding hydrogens is 202 g/mol. The Balaban J connectivity index is 4.22. The minimum Gasteiger partial charge on any atom is -0.355 e. The Hall–Kier alpha value is -0.610. The van der Waals surface area contributed by atoms with Gasteiger partial charge in [-0.3, -0.25) is 4.79 Å². The molecule has 1 amide bonds. The van der Waals surface area contributed by atoms with Crippen LogP contribution in [0.5, 0.6) is 0 Å². The van der Waals surface area contributed by atoms with Gasteiger partial charge in [-0.2, -0.15) is 0 Å². The Bertz CT molecular complexity index is 204. The van der Waals surface area contributed by atoms with Crippen molar-refractivity contribution in [3.63, 3.8) is 0 Å². The summed E-state index contributed by atoms with van der Waals surface area (Å²) in [6.45, 7) is 9.82. The van der Waals surface area contributed by atoms with Crippen molar-refractivity contribution in [3.8, 4) is 0 Å². The van der Waals surface area contributed by atoms with Crippen LogP contribution in [0.4, 0.5) is 0 Å². The van der Waals surface area contributed by atoms with E-state index in [4.69, 9.17) is 0 Å². The predicted octanol–water partition coefficient (Wildman–Crippen LogP) is 0.687. The van der Waals surface area contributed by atoms with Crippen molar-refractivity contribution in [1.82, 2.24) is 15.5 Å². The summed E-state index contributed by atoms with van der Waals surface area (Å²) in [5.41, 5.74) is 0. The maximum Gasteiger partial charge on any atom is 0.236 e. The number of rotatable bonds is 7. The van der Waals surface area contributed by atoms with Gasteiger partial charge in [0.25, 0.3) is 0 Å². The predicted molar refractivity (Wildman–Crippen MR) is 68.5 cm³/mol. The molecule has 0 aromatic rings. The third-order valence-electron chi connectivity index (χ3n) is 2.57. The van der Waals surface area contributed by atoms with Gasteiger partial charge in [-0.15, -0.1) is 0 Å². The second-order valence-corrected chi connectivity index (χ2v) is 4.90. The number of hydrogen-bond donors (Lipinski definition) is 2. The number of amides is 1. The van der Waals surface area contributed by atoms with E-state index in [-0.39, 0.29) is 11.9 Å². The second kappa shape index (κ2) is 7.63. The van der Waals surface area contributed by atoms with Crippen molar-refractivity contribution in [2.75, 3.05) is 27.2 Å². The molecule has 0 heterocycles. The lowest BCUT2D eigenvalue weighted by Gasteiger charge is -2.28. The smallest absolute Gasteiger partial charge is 0.236 e. The molecule has 0 radical (unpaired) electrons. The topological polar surface area (TPSA) is 44.4 Å². The SMILES string of the molecule is CCNC(=O)C(C)NC(CN(C)C)C(C)C. The Morgan fingerprint density at radius 3 is 2.19 bits per heavy atom. The van der Waals surface area contributed by atoms with Gasteiger partial charge in [-0.05, 0) is 33.9 Å². The fourth-order valence-corrected chi connectivity index (χ4v) is 1.57. The van der Waals surface area contributed by atoms with Gasteiger partial charge in [-0.1, -0.05) is 13.8 Å². The van der Waals surface area contributed by atoms with Crippen molar-refractivity contribution >= 4 is 5.91 Å². The molecule has 0 saturated heterocycles. The standard InChI is InChI=1S/C12H27N3O/c1-7-13-12(16)10(4)14-11(9(2)3)8-15(5)6/h9-11,14H,7-8H2,1-6H3,(H,13,16). The average molecular weight is 229 g/mol. The number of hydrogen-bond acceptors (Lipinski definition) is 3. The van der Waals surface area contributed by atoms with Crippen LogP contribution in [0.3, 0.4) is 0 Å². The Labute approximate surface area is 99.8 Å². The Morgan fingerprint density at radius 2 is 1.81 bits per heavy atom. The zero-order chi connectivity index (χ0) is 12.7. The summed E-state index contributed by atoms with van der Waals surface area (Å²) >= 11 is 0. The molecule has 0 saturated carbocycles. The normalized spacial score (nSPS) is 15.2. The maximum atomic E-state index is 11.6. The van der Waals surface area contributed by atoms with Crippen LogP contribution in [-0.2, 0) is 4.79 Å². The van der Waals surface area contributed by atoms with Gasteiger partial charge in [0.1, 0.15) is 0 Å². The molecule has 0 rings (SSSR count). The minimum atomic E-state index is -0.132. The minimum absolute atomic E-state index is 0.0758. The lowest BCUT2D eigenvalue weighted by molar-refractivity contribution is -0.122. The summed E-state index contributed by atoms with van der Waals surface area (Å²) in [4.78, 5) is 13.7. The van der Waals surface area contributed by atoms with Crippen LogP contribution in [0.15, 0.2) is 0 Å². The molecule has 0 aliphatic carbocycles. The van der Waals surface area contributed by atoms with Crippen LogP contribution >= 0.6 is 0 Å². The summed E-state index contributed by atoms with van der Waals surface area (Å²) in [6, 6.07) is 0.208. The quantitative estimate of drug-likeness (QED) is 0.675. The lowest BCUT2D eigenvalue weighted by atomic mass is 10.0. The maximum absolute atomic E-state index is 11.6. The Morgan fingerprint density at radius 1 is 1.25 bits per heavy atom. The number of likely N-dealkylation sites (N-methyl/N-ethyl adjacent to an activating group) is 2. The van der Waals surface area contributed by atoms with Gasteiger partial charge in [0, 0.05) is 19.1 Å². The van der Waals surface area contributed by atoms with Crippen molar-refractivity contribution in [1.29, 1.82) is 0 Å². The molecule has 2 unspecified atom stereocenters. The molecule has 2 N–H and O–H groups in total. The first-order valence-electron chi connectivity index (χ1n) is 6.07. The van der Waals surface area contributed by atoms with Crippen LogP contribution in [0.2, 0.25) is 0 Å². The zero-order valence-corrected chi connectivity index (χ0v) is 11.5. The Kier molecular flexibility index (Phi) is 7.34. The van der Waals surface area contributed by atoms with Crippen LogP contribution < -0.4 is 10.6 Å². The monoisotopic (exact) mass is 229 g/mol. The van der Waals surface area contributed by atoms with E-state index in [2.05, 4.69) is 29.4 Å². The molecule has 0 aromatic heterocycles. The summed E-state index contributed by atoms with van der Waals surface area (Å²) in [5.74, 6) is 0.589. The first-order valence-corrected chi connectivity index (χ1v) is 6.07. The zero-order valence-electron chi connectivity index (χ0n) is 11.5. The van der Waals surface area contributed by atoms with Crippen molar-refractivity contribution in [3.05, 3.63) is 0 Å². The van der Waals surface area contributed by atoms with E-state index in [1.807, 2.05) is 27.9 Å². The first kappa shape index (κ1) is 15.4. The van der Waals surface area contributed by atoms with Crippen molar-refractivity contribution in [2.24, 2.45) is 5.92 Å². The largest absolute Gasteiger partial charge is 0.355 e. The van der Waals surface area contributed by atoms with Crippen LogP contribution in [0.1, 0.15) is 27.7 Å². The first-order chi connectivity index (χ1) is 7.38. The van der Waals surface area contributed by atoms with E-state index < -0.39 is 0 Å². The molecule has 0 aliphatic rings. The highest BCUT2D eigenvalue weighted by Crippen LogP contribution is 2.04.